The van der Waals surface area contributed by atoms with E-state index in [0.717, 1.165) is 0 Å². The van der Waals surface area contributed by atoms with E-state index in [1.54, 1.807) is 13.8 Å². The molecule has 0 bridgehead atoms. The minimum atomic E-state index is -1.23. The summed E-state index contributed by atoms with van der Waals surface area (Å²) in [5, 5.41) is 14.2. The maximum atomic E-state index is 11.8. The molecular weight excluding hydrogens is 224 g/mol. The van der Waals surface area contributed by atoms with Gasteiger partial charge in [0.15, 0.2) is 0 Å². The fourth-order valence-corrected chi connectivity index (χ4v) is 1.92. The van der Waals surface area contributed by atoms with E-state index in [-0.39, 0.29) is 5.91 Å². The van der Waals surface area contributed by atoms with E-state index in [0.29, 0.717) is 25.7 Å². The van der Waals surface area contributed by atoms with Gasteiger partial charge in [-0.25, -0.2) is 4.79 Å². The molecule has 1 unspecified atom stereocenters. The van der Waals surface area contributed by atoms with E-state index in [1.165, 1.54) is 0 Å². The molecular formula is C11H18N2O4. The Bertz CT molecular complexity index is 336. The van der Waals surface area contributed by atoms with Crippen molar-refractivity contribution in [3.05, 3.63) is 0 Å². The highest BCUT2D eigenvalue weighted by Crippen LogP contribution is 2.17. The smallest absolute Gasteiger partial charge is 0.329 e. The van der Waals surface area contributed by atoms with Gasteiger partial charge >= 0.3 is 5.97 Å². The van der Waals surface area contributed by atoms with E-state index in [4.69, 9.17) is 5.11 Å². The molecule has 6 heteroatoms. The van der Waals surface area contributed by atoms with Gasteiger partial charge < -0.3 is 15.7 Å². The topological polar surface area (TPSA) is 95.5 Å². The highest BCUT2D eigenvalue weighted by molar-refractivity contribution is 5.94. The lowest BCUT2D eigenvalue weighted by molar-refractivity contribution is -0.148. The van der Waals surface area contributed by atoms with Gasteiger partial charge in [-0.15, -0.1) is 0 Å². The molecule has 1 atom stereocenters. The second kappa shape index (κ2) is 5.16. The molecule has 0 aliphatic carbocycles. The van der Waals surface area contributed by atoms with Crippen LogP contribution >= 0.6 is 0 Å². The summed E-state index contributed by atoms with van der Waals surface area (Å²) in [6, 6.07) is -0.598. The van der Waals surface area contributed by atoms with E-state index < -0.39 is 23.5 Å². The van der Waals surface area contributed by atoms with Crippen LogP contribution in [0.3, 0.4) is 0 Å². The van der Waals surface area contributed by atoms with Gasteiger partial charge in [0.1, 0.15) is 11.6 Å². The summed E-state index contributed by atoms with van der Waals surface area (Å²) < 4.78 is 0. The first kappa shape index (κ1) is 13.5. The van der Waals surface area contributed by atoms with Gasteiger partial charge in [-0.05, 0) is 19.3 Å². The number of carboxylic acid groups (broad SMARTS) is 1. The molecule has 0 aromatic rings. The molecule has 0 aromatic carbocycles. The molecule has 1 aliphatic rings. The average molecular weight is 242 g/mol. The number of hydrogen-bond acceptors (Lipinski definition) is 3. The van der Waals surface area contributed by atoms with Crippen LogP contribution in [0, 0.1) is 0 Å². The van der Waals surface area contributed by atoms with Crippen molar-refractivity contribution in [3.8, 4) is 0 Å². The summed E-state index contributed by atoms with van der Waals surface area (Å²) >= 11 is 0. The Morgan fingerprint density at radius 3 is 2.41 bits per heavy atom. The predicted molar refractivity (Wildman–Crippen MR) is 60.3 cm³/mol. The standard InChI is InChI=1S/C11H18N2O4/c1-3-11(4-2,10(16)17)13-9(15)7-5-6-8(14)12-7/h7H,3-6H2,1-2H3,(H,12,14)(H,13,15)(H,16,17). The fourth-order valence-electron chi connectivity index (χ4n) is 1.92. The molecule has 1 saturated heterocycles. The number of rotatable bonds is 5. The quantitative estimate of drug-likeness (QED) is 0.633. The largest absolute Gasteiger partial charge is 0.480 e. The Balaban J connectivity index is 2.71. The Morgan fingerprint density at radius 2 is 2.06 bits per heavy atom. The Hall–Kier alpha value is -1.59. The molecule has 0 saturated carbocycles. The second-order valence-corrected chi connectivity index (χ2v) is 4.24. The molecule has 3 N–H and O–H groups in total. The molecule has 96 valence electrons. The average Bonchev–Trinajstić information content (AvgIpc) is 2.72. The number of carboxylic acids is 1. The lowest BCUT2D eigenvalue weighted by atomic mass is 9.92. The number of aliphatic carboxylic acids is 1. The third kappa shape index (κ3) is 2.75. The van der Waals surface area contributed by atoms with Crippen LogP contribution in [0.1, 0.15) is 39.5 Å². The summed E-state index contributed by atoms with van der Waals surface area (Å²) in [5.74, 6) is -1.62. The highest BCUT2D eigenvalue weighted by Gasteiger charge is 2.39. The predicted octanol–water partition coefficient (Wildman–Crippen LogP) is 0.0246. The highest BCUT2D eigenvalue weighted by atomic mass is 16.4. The molecule has 17 heavy (non-hydrogen) atoms. The van der Waals surface area contributed by atoms with Gasteiger partial charge in [-0.3, -0.25) is 9.59 Å². The minimum absolute atomic E-state index is 0.168. The first-order valence-electron chi connectivity index (χ1n) is 5.80. The number of carbonyl (C=O) groups is 3. The zero-order valence-corrected chi connectivity index (χ0v) is 10.1. The maximum absolute atomic E-state index is 11.8. The first-order valence-corrected chi connectivity index (χ1v) is 5.80. The van der Waals surface area contributed by atoms with Crippen molar-refractivity contribution in [1.29, 1.82) is 0 Å². The minimum Gasteiger partial charge on any atom is -0.480 e. The van der Waals surface area contributed by atoms with Crippen LogP contribution in [0.2, 0.25) is 0 Å². The molecule has 0 spiro atoms. The summed E-state index contributed by atoms with van der Waals surface area (Å²) in [7, 11) is 0. The van der Waals surface area contributed by atoms with Crippen LogP contribution in [0.25, 0.3) is 0 Å². The van der Waals surface area contributed by atoms with Gasteiger partial charge in [0.25, 0.3) is 0 Å². The van der Waals surface area contributed by atoms with Gasteiger partial charge in [0.05, 0.1) is 0 Å². The molecule has 0 radical (unpaired) electrons. The zero-order chi connectivity index (χ0) is 13.1. The number of nitrogens with one attached hydrogen (secondary N) is 2. The molecule has 0 aromatic heterocycles. The summed E-state index contributed by atoms with van der Waals surface area (Å²) in [6.07, 6.45) is 1.36. The van der Waals surface area contributed by atoms with Crippen LogP contribution in [0.15, 0.2) is 0 Å². The molecule has 1 rings (SSSR count). The lowest BCUT2D eigenvalue weighted by Gasteiger charge is -2.29. The Morgan fingerprint density at radius 1 is 1.47 bits per heavy atom. The summed E-state index contributed by atoms with van der Waals surface area (Å²) in [4.78, 5) is 34.0. The molecule has 1 fully saturated rings. The Kier molecular flexibility index (Phi) is 4.09. The first-order chi connectivity index (χ1) is 7.95. The molecule has 6 nitrogen and oxygen atoms in total. The SMILES string of the molecule is CCC(CC)(NC(=O)C1CCC(=O)N1)C(=O)O. The van der Waals surface area contributed by atoms with Crippen LogP contribution in [0.5, 0.6) is 0 Å². The Labute approximate surface area is 99.8 Å². The number of carbonyl (C=O) groups excluding carboxylic acids is 2. The zero-order valence-electron chi connectivity index (χ0n) is 10.1. The van der Waals surface area contributed by atoms with Crippen molar-refractivity contribution in [1.82, 2.24) is 10.6 Å². The van der Waals surface area contributed by atoms with Gasteiger partial charge in [0.2, 0.25) is 11.8 Å². The third-order valence-corrected chi connectivity index (χ3v) is 3.29. The van der Waals surface area contributed by atoms with Crippen molar-refractivity contribution in [2.24, 2.45) is 0 Å². The van der Waals surface area contributed by atoms with Crippen LogP contribution in [0.4, 0.5) is 0 Å². The van der Waals surface area contributed by atoms with Crippen molar-refractivity contribution < 1.29 is 19.5 Å². The van der Waals surface area contributed by atoms with Crippen molar-refractivity contribution >= 4 is 17.8 Å². The van der Waals surface area contributed by atoms with Gasteiger partial charge in [-0.2, -0.15) is 0 Å². The summed E-state index contributed by atoms with van der Waals surface area (Å²) in [5.41, 5.74) is -1.23. The number of amides is 2. The van der Waals surface area contributed by atoms with E-state index >= 15 is 0 Å². The van der Waals surface area contributed by atoms with E-state index in [1.807, 2.05) is 0 Å². The van der Waals surface area contributed by atoms with Crippen molar-refractivity contribution in [2.75, 3.05) is 0 Å². The second-order valence-electron chi connectivity index (χ2n) is 4.24. The lowest BCUT2D eigenvalue weighted by Crippen LogP contribution is -2.57. The van der Waals surface area contributed by atoms with Crippen LogP contribution in [-0.4, -0.2) is 34.5 Å². The summed E-state index contributed by atoms with van der Waals surface area (Å²) in [6.45, 7) is 3.43. The maximum Gasteiger partial charge on any atom is 0.329 e. The van der Waals surface area contributed by atoms with E-state index in [2.05, 4.69) is 10.6 Å². The normalized spacial score (nSPS) is 19.9. The van der Waals surface area contributed by atoms with Crippen molar-refractivity contribution in [2.45, 2.75) is 51.1 Å². The van der Waals surface area contributed by atoms with Crippen molar-refractivity contribution in [3.63, 3.8) is 0 Å². The van der Waals surface area contributed by atoms with Gasteiger partial charge in [0, 0.05) is 6.42 Å². The van der Waals surface area contributed by atoms with Gasteiger partial charge in [-0.1, -0.05) is 13.8 Å². The monoisotopic (exact) mass is 242 g/mol. The number of hydrogen-bond donors (Lipinski definition) is 3. The third-order valence-electron chi connectivity index (χ3n) is 3.29. The molecule has 1 heterocycles. The fraction of sp³-hybridized carbons (Fsp3) is 0.727. The molecule has 1 aliphatic heterocycles. The van der Waals surface area contributed by atoms with Crippen LogP contribution < -0.4 is 10.6 Å². The van der Waals surface area contributed by atoms with Crippen LogP contribution in [-0.2, 0) is 14.4 Å². The molecule has 2 amide bonds. The van der Waals surface area contributed by atoms with E-state index in [9.17, 15) is 14.4 Å².